The third kappa shape index (κ3) is 11.0. The number of nitrogens with zero attached hydrogens (tertiary/aromatic N) is 1. The number of fused-ring (bicyclic) bond motifs is 1. The molecule has 2 N–H and O–H groups in total. The molecule has 5 aromatic rings. The van der Waals surface area contributed by atoms with Gasteiger partial charge in [0.05, 0.1) is 64.3 Å². The molecule has 0 aromatic heterocycles. The molecule has 5 aromatic carbocycles. The molecule has 0 radical (unpaired) electrons. The topological polar surface area (TPSA) is 167 Å². The first-order valence-corrected chi connectivity index (χ1v) is 19.9. The number of hydrogen-bond donors (Lipinski definition) is 2. The number of ether oxygens (including phenoxy) is 5. The van der Waals surface area contributed by atoms with Crippen molar-refractivity contribution in [1.29, 1.82) is 0 Å². The van der Waals surface area contributed by atoms with Gasteiger partial charge in [0.15, 0.2) is 5.78 Å². The number of nitrogens with one attached hydrogen (secondary N) is 1. The first-order valence-electron chi connectivity index (χ1n) is 19.9. The Morgan fingerprint density at radius 2 is 1.30 bits per heavy atom. The summed E-state index contributed by atoms with van der Waals surface area (Å²) in [5.74, 6) is -0.995. The summed E-state index contributed by atoms with van der Waals surface area (Å²) in [4.78, 5) is 71.1. The van der Waals surface area contributed by atoms with E-state index in [-0.39, 0.29) is 44.0 Å². The van der Waals surface area contributed by atoms with Gasteiger partial charge in [-0.3, -0.25) is 19.2 Å². The Balaban J connectivity index is 1.44. The Hall–Kier alpha value is -6.99. The number of amides is 2. The number of anilines is 1. The lowest BCUT2D eigenvalue weighted by Crippen LogP contribution is -2.58. The van der Waals surface area contributed by atoms with Crippen LogP contribution in [0.5, 0.6) is 17.2 Å². The van der Waals surface area contributed by atoms with Crippen molar-refractivity contribution in [3.05, 3.63) is 155 Å². The highest BCUT2D eigenvalue weighted by molar-refractivity contribution is 6.09. The molecule has 0 spiro atoms. The predicted octanol–water partition coefficient (Wildman–Crippen LogP) is 6.23. The number of benzene rings is 5. The second-order valence-corrected chi connectivity index (χ2v) is 14.2. The van der Waals surface area contributed by atoms with Crippen molar-refractivity contribution in [2.45, 2.75) is 50.8 Å². The quantitative estimate of drug-likeness (QED) is 0.0584. The molecule has 316 valence electrons. The van der Waals surface area contributed by atoms with E-state index in [1.807, 2.05) is 6.07 Å². The number of hydrogen-bond acceptors (Lipinski definition) is 11. The van der Waals surface area contributed by atoms with Crippen molar-refractivity contribution in [3.8, 4) is 17.2 Å². The summed E-state index contributed by atoms with van der Waals surface area (Å²) in [5.41, 5.74) is 2.98. The minimum absolute atomic E-state index is 0.0526. The Labute approximate surface area is 354 Å². The average molecular weight is 829 g/mol. The molecule has 1 heterocycles. The van der Waals surface area contributed by atoms with Crippen LogP contribution in [-0.2, 0) is 36.7 Å². The lowest BCUT2D eigenvalue weighted by molar-refractivity contribution is -0.144. The molecule has 0 aliphatic carbocycles. The van der Waals surface area contributed by atoms with Crippen LogP contribution in [-0.4, -0.2) is 80.8 Å². The summed E-state index contributed by atoms with van der Waals surface area (Å²) in [6.07, 6.45) is -1.58. The Bertz CT molecular complexity index is 2300. The van der Waals surface area contributed by atoms with Crippen LogP contribution >= 0.6 is 0 Å². The van der Waals surface area contributed by atoms with E-state index in [9.17, 15) is 29.1 Å². The summed E-state index contributed by atoms with van der Waals surface area (Å²) in [6, 6.07) is 31.3. The van der Waals surface area contributed by atoms with E-state index in [0.29, 0.717) is 57.2 Å². The summed E-state index contributed by atoms with van der Waals surface area (Å²) in [6.45, 7) is 1.79. The van der Waals surface area contributed by atoms with Crippen LogP contribution < -0.4 is 24.4 Å². The number of rotatable bonds is 18. The van der Waals surface area contributed by atoms with Crippen molar-refractivity contribution in [2.75, 3.05) is 38.9 Å². The van der Waals surface area contributed by atoms with Crippen LogP contribution in [0.15, 0.2) is 121 Å². The van der Waals surface area contributed by atoms with Gasteiger partial charge in [0.2, 0.25) is 11.8 Å². The molecule has 61 heavy (non-hydrogen) atoms. The lowest BCUT2D eigenvalue weighted by atomic mass is 9.85. The third-order valence-electron chi connectivity index (χ3n) is 10.2. The fraction of sp³-hybridized carbons (Fsp3) is 0.271. The van der Waals surface area contributed by atoms with Gasteiger partial charge in [-0.15, -0.1) is 0 Å². The fourth-order valence-corrected chi connectivity index (χ4v) is 7.16. The van der Waals surface area contributed by atoms with Gasteiger partial charge in [-0.1, -0.05) is 66.7 Å². The lowest BCUT2D eigenvalue weighted by Gasteiger charge is -2.45. The van der Waals surface area contributed by atoms with Gasteiger partial charge in [0, 0.05) is 35.4 Å². The SMILES string of the molecule is CCOC(=O)C[C@H]1[C@H](OC(=O)c2ccc(C(=O)c3ccccc3)cc2)[C@@H](NC(=O)Cc2ccc(OC)cc2)c2cc(OCCCO)ccc2N1C(=O)Cc1ccc(OC)cc1. The normalized spacial score (nSPS) is 15.5. The Kier molecular flexibility index (Phi) is 14.9. The van der Waals surface area contributed by atoms with Crippen molar-refractivity contribution in [1.82, 2.24) is 5.32 Å². The highest BCUT2D eigenvalue weighted by Gasteiger charge is 2.48. The van der Waals surface area contributed by atoms with Crippen molar-refractivity contribution >= 4 is 35.2 Å². The van der Waals surface area contributed by atoms with Crippen molar-refractivity contribution in [3.63, 3.8) is 0 Å². The number of aliphatic hydroxyl groups excluding tert-OH is 1. The van der Waals surface area contributed by atoms with Gasteiger partial charge in [-0.05, 0) is 72.6 Å². The van der Waals surface area contributed by atoms with E-state index in [0.717, 1.165) is 0 Å². The maximum absolute atomic E-state index is 14.7. The average Bonchev–Trinajstić information content (AvgIpc) is 3.28. The predicted molar refractivity (Wildman–Crippen MR) is 226 cm³/mol. The molecular formula is C48H48N2O11. The maximum atomic E-state index is 14.7. The highest BCUT2D eigenvalue weighted by atomic mass is 16.6. The van der Waals surface area contributed by atoms with Crippen LogP contribution in [0, 0.1) is 0 Å². The minimum Gasteiger partial charge on any atom is -0.497 e. The molecule has 3 atom stereocenters. The summed E-state index contributed by atoms with van der Waals surface area (Å²) < 4.78 is 28.3. The van der Waals surface area contributed by atoms with Gasteiger partial charge in [-0.25, -0.2) is 4.79 Å². The molecule has 6 rings (SSSR count). The molecule has 1 aliphatic rings. The zero-order valence-electron chi connectivity index (χ0n) is 34.2. The molecule has 0 saturated carbocycles. The third-order valence-corrected chi connectivity index (χ3v) is 10.2. The first-order chi connectivity index (χ1) is 29.6. The van der Waals surface area contributed by atoms with E-state index in [1.54, 1.807) is 112 Å². The van der Waals surface area contributed by atoms with Gasteiger partial charge in [0.25, 0.3) is 0 Å². The second-order valence-electron chi connectivity index (χ2n) is 14.2. The molecule has 0 fully saturated rings. The summed E-state index contributed by atoms with van der Waals surface area (Å²) >= 11 is 0. The largest absolute Gasteiger partial charge is 0.497 e. The molecular weight excluding hydrogens is 781 g/mol. The van der Waals surface area contributed by atoms with Crippen LogP contribution in [0.1, 0.15) is 68.8 Å². The number of aliphatic hydroxyl groups is 1. The molecule has 1 aliphatic heterocycles. The molecule has 13 nitrogen and oxygen atoms in total. The van der Waals surface area contributed by atoms with E-state index >= 15 is 0 Å². The minimum atomic E-state index is -1.36. The standard InChI is InChI=1S/C48H48N2O11/c1-4-59-44(54)30-41-47(61-48(56)35-17-15-34(16-18-35)46(55)33-9-6-5-7-10-33)45(49-42(52)27-31-11-19-36(57-2)20-12-31)39-29-38(60-26-8-25-51)23-24-40(39)50(41)43(53)28-32-13-21-37(58-3)22-14-32/h5-7,9-24,29,41,45,47,51H,4,8,25-28,30H2,1-3H3,(H,49,52)/t41-,45-,47-/m0/s1. The van der Waals surface area contributed by atoms with E-state index in [1.165, 1.54) is 29.2 Å². The molecule has 13 heteroatoms. The van der Waals surface area contributed by atoms with Gasteiger partial charge < -0.3 is 39.0 Å². The van der Waals surface area contributed by atoms with Crippen LogP contribution in [0.2, 0.25) is 0 Å². The molecule has 2 amide bonds. The molecule has 0 bridgehead atoms. The van der Waals surface area contributed by atoms with Gasteiger partial charge in [0.1, 0.15) is 23.4 Å². The van der Waals surface area contributed by atoms with E-state index in [4.69, 9.17) is 23.7 Å². The monoisotopic (exact) mass is 828 g/mol. The molecule has 0 unspecified atom stereocenters. The number of carbonyl (C=O) groups excluding carboxylic acids is 5. The first kappa shape index (κ1) is 43.6. The van der Waals surface area contributed by atoms with Crippen molar-refractivity contribution in [2.24, 2.45) is 0 Å². The van der Waals surface area contributed by atoms with Gasteiger partial charge in [-0.2, -0.15) is 0 Å². The highest BCUT2D eigenvalue weighted by Crippen LogP contribution is 2.43. The maximum Gasteiger partial charge on any atom is 0.338 e. The zero-order valence-corrected chi connectivity index (χ0v) is 34.2. The summed E-state index contributed by atoms with van der Waals surface area (Å²) in [7, 11) is 3.08. The number of carbonyl (C=O) groups is 5. The second kappa shape index (κ2) is 20.8. The molecule has 0 saturated heterocycles. The fourth-order valence-electron chi connectivity index (χ4n) is 7.16. The van der Waals surface area contributed by atoms with E-state index < -0.39 is 48.4 Å². The number of ketones is 1. The smallest absolute Gasteiger partial charge is 0.338 e. The van der Waals surface area contributed by atoms with Crippen LogP contribution in [0.3, 0.4) is 0 Å². The zero-order chi connectivity index (χ0) is 43.3. The van der Waals surface area contributed by atoms with Crippen LogP contribution in [0.25, 0.3) is 0 Å². The van der Waals surface area contributed by atoms with Gasteiger partial charge >= 0.3 is 11.9 Å². The number of methoxy groups -OCH3 is 2. The Morgan fingerprint density at radius 3 is 1.90 bits per heavy atom. The Morgan fingerprint density at radius 1 is 0.705 bits per heavy atom. The summed E-state index contributed by atoms with van der Waals surface area (Å²) in [5, 5.41) is 12.5. The van der Waals surface area contributed by atoms with Crippen molar-refractivity contribution < 1.29 is 52.8 Å². The number of esters is 2. The van der Waals surface area contributed by atoms with Crippen LogP contribution in [0.4, 0.5) is 5.69 Å². The van der Waals surface area contributed by atoms with E-state index in [2.05, 4.69) is 5.32 Å².